The van der Waals surface area contributed by atoms with Crippen molar-refractivity contribution in [1.82, 2.24) is 4.98 Å². The minimum atomic E-state index is 0.465. The maximum Gasteiger partial charge on any atom is 0.133 e. The standard InChI is InChI=1S/C18H17ClN2/c1-21(13-14-7-3-2-4-8-14)18-16(12-19)11-15-9-5-6-10-17(15)20-18/h2-11H,12-13H2,1H3. The summed E-state index contributed by atoms with van der Waals surface area (Å²) in [6.07, 6.45) is 0. The molecule has 3 aromatic rings. The van der Waals surface area contributed by atoms with Gasteiger partial charge in [0.1, 0.15) is 5.82 Å². The topological polar surface area (TPSA) is 16.1 Å². The Kier molecular flexibility index (Phi) is 4.07. The fraction of sp³-hybridized carbons (Fsp3) is 0.167. The average Bonchev–Trinajstić information content (AvgIpc) is 2.54. The predicted molar refractivity (Wildman–Crippen MR) is 89.8 cm³/mol. The van der Waals surface area contributed by atoms with Crippen molar-refractivity contribution in [3.63, 3.8) is 0 Å². The van der Waals surface area contributed by atoms with Gasteiger partial charge in [0.25, 0.3) is 0 Å². The molecule has 2 nitrogen and oxygen atoms in total. The van der Waals surface area contributed by atoms with E-state index in [0.29, 0.717) is 5.88 Å². The summed E-state index contributed by atoms with van der Waals surface area (Å²) in [5, 5.41) is 1.13. The molecule has 21 heavy (non-hydrogen) atoms. The van der Waals surface area contributed by atoms with E-state index in [-0.39, 0.29) is 0 Å². The summed E-state index contributed by atoms with van der Waals surface area (Å²) in [7, 11) is 2.06. The first-order valence-electron chi connectivity index (χ1n) is 6.97. The summed E-state index contributed by atoms with van der Waals surface area (Å²) in [6, 6.07) is 20.7. The molecule has 106 valence electrons. The molecule has 0 aliphatic carbocycles. The van der Waals surface area contributed by atoms with Crippen LogP contribution in [0.1, 0.15) is 11.1 Å². The monoisotopic (exact) mass is 296 g/mol. The lowest BCUT2D eigenvalue weighted by Gasteiger charge is -2.21. The van der Waals surface area contributed by atoms with Crippen LogP contribution in [0, 0.1) is 0 Å². The quantitative estimate of drug-likeness (QED) is 0.654. The number of hydrogen-bond acceptors (Lipinski definition) is 2. The molecule has 0 saturated heterocycles. The molecule has 0 saturated carbocycles. The molecular formula is C18H17ClN2. The van der Waals surface area contributed by atoms with Gasteiger partial charge in [0.2, 0.25) is 0 Å². The number of aromatic nitrogens is 1. The van der Waals surface area contributed by atoms with Crippen LogP contribution in [0.25, 0.3) is 10.9 Å². The fourth-order valence-corrected chi connectivity index (χ4v) is 2.71. The van der Waals surface area contributed by atoms with Crippen LogP contribution in [0.2, 0.25) is 0 Å². The lowest BCUT2D eigenvalue weighted by Crippen LogP contribution is -2.19. The third kappa shape index (κ3) is 3.01. The Bertz CT molecular complexity index is 741. The van der Waals surface area contributed by atoms with Gasteiger partial charge in [-0.1, -0.05) is 48.5 Å². The minimum Gasteiger partial charge on any atom is -0.355 e. The molecule has 0 fully saturated rings. The van der Waals surface area contributed by atoms with Crippen molar-refractivity contribution in [3.05, 3.63) is 71.8 Å². The van der Waals surface area contributed by atoms with Crippen molar-refractivity contribution >= 4 is 28.3 Å². The van der Waals surface area contributed by atoms with Crippen molar-refractivity contribution in [3.8, 4) is 0 Å². The number of halogens is 1. The first-order chi connectivity index (χ1) is 10.3. The van der Waals surface area contributed by atoms with Crippen LogP contribution in [-0.4, -0.2) is 12.0 Å². The second-order valence-electron chi connectivity index (χ2n) is 5.14. The zero-order chi connectivity index (χ0) is 14.7. The molecule has 0 unspecified atom stereocenters. The van der Waals surface area contributed by atoms with Crippen molar-refractivity contribution in [2.75, 3.05) is 11.9 Å². The number of nitrogens with zero attached hydrogens (tertiary/aromatic N) is 2. The predicted octanol–water partition coefficient (Wildman–Crippen LogP) is 4.61. The maximum absolute atomic E-state index is 6.11. The first-order valence-corrected chi connectivity index (χ1v) is 7.51. The highest BCUT2D eigenvalue weighted by atomic mass is 35.5. The zero-order valence-electron chi connectivity index (χ0n) is 12.0. The Balaban J connectivity index is 1.98. The summed E-state index contributed by atoms with van der Waals surface area (Å²) in [6.45, 7) is 0.816. The molecule has 0 bridgehead atoms. The van der Waals surface area contributed by atoms with E-state index in [1.54, 1.807) is 0 Å². The highest BCUT2D eigenvalue weighted by molar-refractivity contribution is 6.17. The molecular weight excluding hydrogens is 280 g/mol. The number of rotatable bonds is 4. The van der Waals surface area contributed by atoms with Crippen molar-refractivity contribution in [2.45, 2.75) is 12.4 Å². The van der Waals surface area contributed by atoms with Gasteiger partial charge >= 0.3 is 0 Å². The van der Waals surface area contributed by atoms with Crippen LogP contribution in [0.4, 0.5) is 5.82 Å². The molecule has 1 heterocycles. The van der Waals surface area contributed by atoms with E-state index in [9.17, 15) is 0 Å². The molecule has 3 heteroatoms. The number of para-hydroxylation sites is 1. The van der Waals surface area contributed by atoms with E-state index in [2.05, 4.69) is 48.3 Å². The second-order valence-corrected chi connectivity index (χ2v) is 5.41. The van der Waals surface area contributed by atoms with E-state index in [1.165, 1.54) is 5.56 Å². The van der Waals surface area contributed by atoms with Gasteiger partial charge in [-0.15, -0.1) is 11.6 Å². The normalized spacial score (nSPS) is 10.8. The van der Waals surface area contributed by atoms with Crippen LogP contribution < -0.4 is 4.90 Å². The molecule has 1 aromatic heterocycles. The van der Waals surface area contributed by atoms with Gasteiger partial charge in [-0.25, -0.2) is 4.98 Å². The van der Waals surface area contributed by atoms with Crippen LogP contribution in [-0.2, 0) is 12.4 Å². The molecule has 3 rings (SSSR count). The summed E-state index contributed by atoms with van der Waals surface area (Å²) < 4.78 is 0. The summed E-state index contributed by atoms with van der Waals surface area (Å²) in [5.41, 5.74) is 3.32. The van der Waals surface area contributed by atoms with Gasteiger partial charge in [-0.2, -0.15) is 0 Å². The van der Waals surface area contributed by atoms with Crippen LogP contribution >= 0.6 is 11.6 Å². The maximum atomic E-state index is 6.11. The number of alkyl halides is 1. The Morgan fingerprint density at radius 3 is 2.48 bits per heavy atom. The molecule has 0 amide bonds. The van der Waals surface area contributed by atoms with E-state index in [4.69, 9.17) is 16.6 Å². The van der Waals surface area contributed by atoms with E-state index >= 15 is 0 Å². The van der Waals surface area contributed by atoms with E-state index in [0.717, 1.165) is 28.8 Å². The summed E-state index contributed by atoms with van der Waals surface area (Å²) in [4.78, 5) is 6.94. The van der Waals surface area contributed by atoms with Crippen LogP contribution in [0.15, 0.2) is 60.7 Å². The zero-order valence-corrected chi connectivity index (χ0v) is 12.7. The van der Waals surface area contributed by atoms with Gasteiger partial charge in [-0.05, 0) is 17.7 Å². The SMILES string of the molecule is CN(Cc1ccccc1)c1nc2ccccc2cc1CCl. The van der Waals surface area contributed by atoms with Crippen LogP contribution in [0.3, 0.4) is 0 Å². The Morgan fingerprint density at radius 1 is 1.00 bits per heavy atom. The Labute approximate surface area is 130 Å². The molecule has 0 spiro atoms. The van der Waals surface area contributed by atoms with Crippen molar-refractivity contribution in [1.29, 1.82) is 0 Å². The third-order valence-corrected chi connectivity index (χ3v) is 3.84. The van der Waals surface area contributed by atoms with Crippen LogP contribution in [0.5, 0.6) is 0 Å². The number of hydrogen-bond donors (Lipinski definition) is 0. The van der Waals surface area contributed by atoms with Crippen molar-refractivity contribution in [2.24, 2.45) is 0 Å². The Morgan fingerprint density at radius 2 is 1.71 bits per heavy atom. The van der Waals surface area contributed by atoms with E-state index < -0.39 is 0 Å². The molecule has 2 aromatic carbocycles. The van der Waals surface area contributed by atoms with E-state index in [1.807, 2.05) is 24.3 Å². The van der Waals surface area contributed by atoms with Gasteiger partial charge in [-0.3, -0.25) is 0 Å². The minimum absolute atomic E-state index is 0.465. The van der Waals surface area contributed by atoms with Crippen molar-refractivity contribution < 1.29 is 0 Å². The number of anilines is 1. The van der Waals surface area contributed by atoms with Gasteiger partial charge in [0.05, 0.1) is 11.4 Å². The summed E-state index contributed by atoms with van der Waals surface area (Å²) >= 11 is 6.11. The summed E-state index contributed by atoms with van der Waals surface area (Å²) in [5.74, 6) is 1.42. The number of benzene rings is 2. The fourth-order valence-electron chi connectivity index (χ4n) is 2.51. The lowest BCUT2D eigenvalue weighted by atomic mass is 10.1. The Hall–Kier alpha value is -2.06. The number of pyridine rings is 1. The molecule has 0 atom stereocenters. The first kappa shape index (κ1) is 13.9. The lowest BCUT2D eigenvalue weighted by molar-refractivity contribution is 0.894. The molecule has 0 radical (unpaired) electrons. The molecule has 0 aliphatic rings. The number of fused-ring (bicyclic) bond motifs is 1. The highest BCUT2D eigenvalue weighted by Gasteiger charge is 2.11. The van der Waals surface area contributed by atoms with Gasteiger partial charge in [0.15, 0.2) is 0 Å². The smallest absolute Gasteiger partial charge is 0.133 e. The molecule has 0 aliphatic heterocycles. The molecule has 0 N–H and O–H groups in total. The largest absolute Gasteiger partial charge is 0.355 e. The second kappa shape index (κ2) is 6.15. The van der Waals surface area contributed by atoms with Gasteiger partial charge in [0, 0.05) is 24.5 Å². The third-order valence-electron chi connectivity index (χ3n) is 3.55. The highest BCUT2D eigenvalue weighted by Crippen LogP contribution is 2.25. The van der Waals surface area contributed by atoms with Gasteiger partial charge < -0.3 is 4.90 Å². The average molecular weight is 297 g/mol.